The maximum atomic E-state index is 9.79. The highest BCUT2D eigenvalue weighted by Crippen LogP contribution is 2.67. The lowest BCUT2D eigenvalue weighted by Crippen LogP contribution is -2.54. The first kappa shape index (κ1) is 14.1. The zero-order valence-corrected chi connectivity index (χ0v) is 13.9. The molecule has 7 atom stereocenters. The smallest absolute Gasteiger partial charge is 0.0659 e. The van der Waals surface area contributed by atoms with Crippen molar-refractivity contribution in [3.05, 3.63) is 0 Å². The summed E-state index contributed by atoms with van der Waals surface area (Å²) in [4.78, 5) is 0. The molecule has 0 heterocycles. The minimum atomic E-state index is 0.361. The molecular formula is C20H31N. The lowest BCUT2D eigenvalue weighted by molar-refractivity contribution is -0.118. The van der Waals surface area contributed by atoms with E-state index in [4.69, 9.17) is 0 Å². The van der Waals surface area contributed by atoms with Crippen LogP contribution in [0.3, 0.4) is 0 Å². The Morgan fingerprint density at radius 3 is 2.48 bits per heavy atom. The lowest BCUT2D eigenvalue weighted by atomic mass is 9.43. The van der Waals surface area contributed by atoms with Gasteiger partial charge in [-0.2, -0.15) is 5.26 Å². The topological polar surface area (TPSA) is 23.8 Å². The van der Waals surface area contributed by atoms with Crippen LogP contribution in [0.2, 0.25) is 0 Å². The molecule has 0 saturated heterocycles. The quantitative estimate of drug-likeness (QED) is 0.571. The van der Waals surface area contributed by atoms with E-state index in [0.29, 0.717) is 22.7 Å². The Hall–Kier alpha value is -0.510. The molecule has 0 spiro atoms. The Morgan fingerprint density at radius 1 is 0.857 bits per heavy atom. The summed E-state index contributed by atoms with van der Waals surface area (Å²) in [5.74, 6) is 3.81. The minimum Gasteiger partial charge on any atom is -0.198 e. The molecule has 0 N–H and O–H groups in total. The van der Waals surface area contributed by atoms with Crippen LogP contribution in [0.15, 0.2) is 0 Å². The molecular weight excluding hydrogens is 254 g/mol. The summed E-state index contributed by atoms with van der Waals surface area (Å²) in [5.41, 5.74) is 1.12. The van der Waals surface area contributed by atoms with E-state index in [0.717, 1.165) is 17.8 Å². The van der Waals surface area contributed by atoms with Crippen molar-refractivity contribution < 1.29 is 0 Å². The zero-order chi connectivity index (χ0) is 14.7. The molecule has 116 valence electrons. The molecule has 4 aliphatic rings. The first-order valence-corrected chi connectivity index (χ1v) is 9.48. The summed E-state index contributed by atoms with van der Waals surface area (Å²) in [7, 11) is 0. The number of hydrogen-bond acceptors (Lipinski definition) is 1. The van der Waals surface area contributed by atoms with Gasteiger partial charge in [0.2, 0.25) is 0 Å². The second-order valence-electron chi connectivity index (χ2n) is 9.29. The molecule has 0 amide bonds. The van der Waals surface area contributed by atoms with Crippen molar-refractivity contribution in [1.29, 1.82) is 5.26 Å². The number of rotatable bonds is 0. The summed E-state index contributed by atoms with van der Waals surface area (Å²) < 4.78 is 0. The maximum absolute atomic E-state index is 9.79. The van der Waals surface area contributed by atoms with E-state index in [2.05, 4.69) is 19.9 Å². The van der Waals surface area contributed by atoms with Crippen LogP contribution in [0.1, 0.15) is 78.1 Å². The van der Waals surface area contributed by atoms with Gasteiger partial charge in [-0.3, -0.25) is 0 Å². The number of fused-ring (bicyclic) bond motifs is 5. The fourth-order valence-electron chi connectivity index (χ4n) is 7.53. The fraction of sp³-hybridized carbons (Fsp3) is 0.950. The maximum Gasteiger partial charge on any atom is 0.0659 e. The Kier molecular flexibility index (Phi) is 3.18. The Bertz CT molecular complexity index is 463. The van der Waals surface area contributed by atoms with Crippen LogP contribution in [0.4, 0.5) is 0 Å². The first-order chi connectivity index (χ1) is 10.1. The van der Waals surface area contributed by atoms with Gasteiger partial charge in [-0.25, -0.2) is 0 Å². The van der Waals surface area contributed by atoms with Crippen molar-refractivity contribution in [3.8, 4) is 6.07 Å². The SMILES string of the molecule is C[C@@]12CCC[C@H]1[C@@H]1C[C@H](C#N)C3CCCC[C@]3(C)[C@H]1CC2. The van der Waals surface area contributed by atoms with Crippen LogP contribution in [0, 0.1) is 51.8 Å². The first-order valence-electron chi connectivity index (χ1n) is 9.48. The van der Waals surface area contributed by atoms with Gasteiger partial charge >= 0.3 is 0 Å². The van der Waals surface area contributed by atoms with Crippen LogP contribution < -0.4 is 0 Å². The van der Waals surface area contributed by atoms with E-state index in [1.54, 1.807) is 0 Å². The molecule has 4 saturated carbocycles. The van der Waals surface area contributed by atoms with Gasteiger partial charge in [0.1, 0.15) is 0 Å². The molecule has 0 aromatic carbocycles. The van der Waals surface area contributed by atoms with Crippen molar-refractivity contribution >= 4 is 0 Å². The third kappa shape index (κ3) is 1.87. The minimum absolute atomic E-state index is 0.361. The van der Waals surface area contributed by atoms with Crippen LogP contribution in [0.25, 0.3) is 0 Å². The molecule has 4 rings (SSSR count). The van der Waals surface area contributed by atoms with Gasteiger partial charge in [-0.1, -0.05) is 33.1 Å². The summed E-state index contributed by atoms with van der Waals surface area (Å²) in [6.07, 6.45) is 14.0. The molecule has 0 bridgehead atoms. The zero-order valence-electron chi connectivity index (χ0n) is 13.9. The summed E-state index contributed by atoms with van der Waals surface area (Å²) in [6.45, 7) is 5.15. The summed E-state index contributed by atoms with van der Waals surface area (Å²) in [5, 5.41) is 9.79. The molecule has 1 heteroatoms. The third-order valence-electron chi connectivity index (χ3n) is 8.57. The van der Waals surface area contributed by atoms with Crippen LogP contribution in [-0.2, 0) is 0 Å². The molecule has 4 aliphatic carbocycles. The van der Waals surface area contributed by atoms with E-state index in [1.165, 1.54) is 64.2 Å². The molecule has 0 aromatic heterocycles. The van der Waals surface area contributed by atoms with Crippen LogP contribution in [-0.4, -0.2) is 0 Å². The van der Waals surface area contributed by atoms with Crippen LogP contribution >= 0.6 is 0 Å². The number of hydrogen-bond donors (Lipinski definition) is 0. The number of nitriles is 1. The van der Waals surface area contributed by atoms with Gasteiger partial charge in [0.25, 0.3) is 0 Å². The standard InChI is InChI=1S/C20H31N/c1-19-9-5-7-17(19)15-12-14(13-21)16-6-3-4-10-20(16,2)18(15)8-11-19/h14-18H,3-12H2,1-2H3/t14-,15+,16?,17+,18+,19+,20+/m1/s1. The van der Waals surface area contributed by atoms with Gasteiger partial charge in [0.05, 0.1) is 6.07 Å². The molecule has 4 fully saturated rings. The van der Waals surface area contributed by atoms with E-state index in [-0.39, 0.29) is 0 Å². The van der Waals surface area contributed by atoms with Gasteiger partial charge in [-0.15, -0.1) is 0 Å². The second-order valence-corrected chi connectivity index (χ2v) is 9.29. The number of nitrogens with zero attached hydrogens (tertiary/aromatic N) is 1. The normalized spacial score (nSPS) is 56.0. The molecule has 0 aromatic rings. The van der Waals surface area contributed by atoms with Crippen molar-refractivity contribution in [2.75, 3.05) is 0 Å². The van der Waals surface area contributed by atoms with Gasteiger partial charge in [0, 0.05) is 5.92 Å². The Labute approximate surface area is 130 Å². The van der Waals surface area contributed by atoms with Crippen molar-refractivity contribution in [2.45, 2.75) is 78.1 Å². The predicted octanol–water partition coefficient (Wildman–Crippen LogP) is 5.56. The molecule has 0 aliphatic heterocycles. The Morgan fingerprint density at radius 2 is 1.67 bits per heavy atom. The fourth-order valence-corrected chi connectivity index (χ4v) is 7.53. The highest BCUT2D eigenvalue weighted by Gasteiger charge is 2.59. The van der Waals surface area contributed by atoms with Crippen molar-refractivity contribution in [2.24, 2.45) is 40.4 Å². The Balaban J connectivity index is 1.71. The lowest BCUT2D eigenvalue weighted by Gasteiger charge is -2.61. The van der Waals surface area contributed by atoms with E-state index >= 15 is 0 Å². The highest BCUT2D eigenvalue weighted by molar-refractivity contribution is 5.11. The molecule has 1 unspecified atom stereocenters. The van der Waals surface area contributed by atoms with Crippen LogP contribution in [0.5, 0.6) is 0 Å². The third-order valence-corrected chi connectivity index (χ3v) is 8.57. The van der Waals surface area contributed by atoms with Crippen molar-refractivity contribution in [3.63, 3.8) is 0 Å². The average molecular weight is 285 g/mol. The van der Waals surface area contributed by atoms with E-state index < -0.39 is 0 Å². The van der Waals surface area contributed by atoms with Gasteiger partial charge in [-0.05, 0) is 79.4 Å². The molecule has 1 nitrogen and oxygen atoms in total. The van der Waals surface area contributed by atoms with E-state index in [9.17, 15) is 5.26 Å². The van der Waals surface area contributed by atoms with E-state index in [1.807, 2.05) is 0 Å². The molecule has 21 heavy (non-hydrogen) atoms. The van der Waals surface area contributed by atoms with Gasteiger partial charge < -0.3 is 0 Å². The van der Waals surface area contributed by atoms with Gasteiger partial charge in [0.15, 0.2) is 0 Å². The summed E-state index contributed by atoms with van der Waals surface area (Å²) >= 11 is 0. The predicted molar refractivity (Wildman–Crippen MR) is 85.4 cm³/mol. The summed E-state index contributed by atoms with van der Waals surface area (Å²) in [6, 6.07) is 2.75. The second kappa shape index (κ2) is 4.74. The van der Waals surface area contributed by atoms with Crippen molar-refractivity contribution in [1.82, 2.24) is 0 Å². The largest absolute Gasteiger partial charge is 0.198 e. The monoisotopic (exact) mass is 285 g/mol. The average Bonchev–Trinajstić information content (AvgIpc) is 2.87. The molecule has 0 radical (unpaired) electrons. The highest BCUT2D eigenvalue weighted by atomic mass is 14.6.